The van der Waals surface area contributed by atoms with Gasteiger partial charge in [-0.15, -0.1) is 0 Å². The van der Waals surface area contributed by atoms with Gasteiger partial charge in [0, 0.05) is 16.7 Å². The lowest BCUT2D eigenvalue weighted by atomic mass is 10.1. The van der Waals surface area contributed by atoms with Crippen molar-refractivity contribution in [2.75, 3.05) is 12.3 Å². The molecule has 0 saturated carbocycles. The van der Waals surface area contributed by atoms with Crippen molar-refractivity contribution >= 4 is 27.5 Å². The average molecular weight is 313 g/mol. The number of nitrogens with one attached hydrogen (secondary N) is 1. The molecular weight excluding hydrogens is 292 g/mol. The van der Waals surface area contributed by atoms with E-state index in [-0.39, 0.29) is 5.91 Å². The third kappa shape index (κ3) is 5.08. The molecule has 0 heterocycles. The van der Waals surface area contributed by atoms with E-state index in [0.29, 0.717) is 17.8 Å². The van der Waals surface area contributed by atoms with Crippen molar-refractivity contribution in [1.29, 1.82) is 0 Å². The third-order valence-electron chi connectivity index (χ3n) is 2.75. The molecule has 1 aromatic carbocycles. The second-order valence-electron chi connectivity index (χ2n) is 4.88. The van der Waals surface area contributed by atoms with Crippen LogP contribution in [-0.4, -0.2) is 12.5 Å². The molecule has 0 spiro atoms. The van der Waals surface area contributed by atoms with Gasteiger partial charge >= 0.3 is 0 Å². The van der Waals surface area contributed by atoms with Crippen LogP contribution in [0.3, 0.4) is 0 Å². The maximum absolute atomic E-state index is 11.9. The number of unbranched alkanes of at least 4 members (excludes halogenated alkanes) is 1. The number of carbonyl (C=O) groups excluding carboxylic acids is 1. The lowest BCUT2D eigenvalue weighted by molar-refractivity contribution is 0.0953. The van der Waals surface area contributed by atoms with Gasteiger partial charge in [-0.05, 0) is 30.5 Å². The van der Waals surface area contributed by atoms with Crippen LogP contribution >= 0.6 is 15.9 Å². The lowest BCUT2D eigenvalue weighted by Gasteiger charge is -2.08. The Morgan fingerprint density at radius 1 is 1.39 bits per heavy atom. The average Bonchev–Trinajstić information content (AvgIpc) is 2.31. The minimum Gasteiger partial charge on any atom is -0.398 e. The van der Waals surface area contributed by atoms with E-state index in [4.69, 9.17) is 5.73 Å². The van der Waals surface area contributed by atoms with Crippen molar-refractivity contribution in [1.82, 2.24) is 5.32 Å². The molecule has 0 aromatic heterocycles. The third-order valence-corrected chi connectivity index (χ3v) is 3.25. The zero-order valence-electron chi connectivity index (χ0n) is 11.0. The van der Waals surface area contributed by atoms with Gasteiger partial charge in [-0.2, -0.15) is 0 Å². The fourth-order valence-electron chi connectivity index (χ4n) is 1.70. The van der Waals surface area contributed by atoms with E-state index in [1.165, 1.54) is 6.42 Å². The second kappa shape index (κ2) is 7.41. The number of hydrogen-bond donors (Lipinski definition) is 2. The van der Waals surface area contributed by atoms with Gasteiger partial charge < -0.3 is 11.1 Å². The first-order valence-corrected chi connectivity index (χ1v) is 7.13. The highest BCUT2D eigenvalue weighted by Crippen LogP contribution is 2.18. The topological polar surface area (TPSA) is 55.1 Å². The summed E-state index contributed by atoms with van der Waals surface area (Å²) >= 11 is 3.34. The summed E-state index contributed by atoms with van der Waals surface area (Å²) in [5.41, 5.74) is 6.83. The zero-order valence-corrected chi connectivity index (χ0v) is 12.6. The summed E-state index contributed by atoms with van der Waals surface area (Å²) in [5.74, 6) is 0.625. The van der Waals surface area contributed by atoms with Crippen LogP contribution in [0.5, 0.6) is 0 Å². The number of anilines is 1. The number of nitrogen functional groups attached to an aromatic ring is 1. The van der Waals surface area contributed by atoms with Crippen molar-refractivity contribution in [2.24, 2.45) is 5.92 Å². The fraction of sp³-hybridized carbons (Fsp3) is 0.500. The molecule has 4 heteroatoms. The Hall–Kier alpha value is -1.03. The maximum Gasteiger partial charge on any atom is 0.253 e. The van der Waals surface area contributed by atoms with Gasteiger partial charge in [-0.1, -0.05) is 42.6 Å². The molecule has 3 nitrogen and oxygen atoms in total. The first-order valence-electron chi connectivity index (χ1n) is 6.34. The Morgan fingerprint density at radius 3 is 2.78 bits per heavy atom. The minimum atomic E-state index is -0.0988. The van der Waals surface area contributed by atoms with Crippen LogP contribution in [0, 0.1) is 5.92 Å². The van der Waals surface area contributed by atoms with E-state index in [2.05, 4.69) is 35.1 Å². The minimum absolute atomic E-state index is 0.0988. The van der Waals surface area contributed by atoms with Crippen LogP contribution in [-0.2, 0) is 0 Å². The number of carbonyl (C=O) groups is 1. The fourth-order valence-corrected chi connectivity index (χ4v) is 2.06. The molecule has 100 valence electrons. The first kappa shape index (κ1) is 15.0. The van der Waals surface area contributed by atoms with Gasteiger partial charge in [0.1, 0.15) is 0 Å². The molecule has 0 atom stereocenters. The Balaban J connectivity index is 2.39. The zero-order chi connectivity index (χ0) is 13.5. The van der Waals surface area contributed by atoms with Crippen LogP contribution < -0.4 is 11.1 Å². The number of amides is 1. The largest absolute Gasteiger partial charge is 0.398 e. The van der Waals surface area contributed by atoms with Crippen LogP contribution in [0.2, 0.25) is 0 Å². The van der Waals surface area contributed by atoms with Crippen LogP contribution in [0.15, 0.2) is 22.7 Å². The summed E-state index contributed by atoms with van der Waals surface area (Å²) in [7, 11) is 0. The van der Waals surface area contributed by atoms with E-state index in [0.717, 1.165) is 23.2 Å². The molecular formula is C14H21BrN2O. The number of rotatable bonds is 6. The number of hydrogen-bond acceptors (Lipinski definition) is 2. The SMILES string of the molecule is CC(C)CCCCNC(=O)c1cc(Br)ccc1N. The first-order chi connectivity index (χ1) is 8.50. The van der Waals surface area contributed by atoms with Crippen molar-refractivity contribution in [3.05, 3.63) is 28.2 Å². The van der Waals surface area contributed by atoms with Gasteiger partial charge in [0.2, 0.25) is 0 Å². The molecule has 0 unspecified atom stereocenters. The molecule has 0 radical (unpaired) electrons. The van der Waals surface area contributed by atoms with Gasteiger partial charge in [-0.3, -0.25) is 4.79 Å². The Labute approximate surface area is 117 Å². The molecule has 3 N–H and O–H groups in total. The summed E-state index contributed by atoms with van der Waals surface area (Å²) in [6.07, 6.45) is 3.36. The van der Waals surface area contributed by atoms with Gasteiger partial charge in [0.15, 0.2) is 0 Å². The number of halogens is 1. The quantitative estimate of drug-likeness (QED) is 0.623. The summed E-state index contributed by atoms with van der Waals surface area (Å²) in [4.78, 5) is 11.9. The Bertz CT molecular complexity index is 405. The molecule has 0 aliphatic rings. The summed E-state index contributed by atoms with van der Waals surface area (Å²) in [6, 6.07) is 5.31. The van der Waals surface area contributed by atoms with E-state index >= 15 is 0 Å². The van der Waals surface area contributed by atoms with E-state index in [1.54, 1.807) is 12.1 Å². The lowest BCUT2D eigenvalue weighted by Crippen LogP contribution is -2.25. The Kier molecular flexibility index (Phi) is 6.19. The van der Waals surface area contributed by atoms with Crippen molar-refractivity contribution in [2.45, 2.75) is 33.1 Å². The van der Waals surface area contributed by atoms with Crippen molar-refractivity contribution in [3.8, 4) is 0 Å². The highest BCUT2D eigenvalue weighted by atomic mass is 79.9. The highest BCUT2D eigenvalue weighted by molar-refractivity contribution is 9.10. The summed E-state index contributed by atoms with van der Waals surface area (Å²) in [6.45, 7) is 5.12. The predicted octanol–water partition coefficient (Wildman–Crippen LogP) is 3.59. The van der Waals surface area contributed by atoms with Gasteiger partial charge in [-0.25, -0.2) is 0 Å². The van der Waals surface area contributed by atoms with Crippen LogP contribution in [0.25, 0.3) is 0 Å². The van der Waals surface area contributed by atoms with Crippen LogP contribution in [0.1, 0.15) is 43.5 Å². The molecule has 0 fully saturated rings. The van der Waals surface area contributed by atoms with E-state index in [1.807, 2.05) is 6.07 Å². The van der Waals surface area contributed by atoms with E-state index < -0.39 is 0 Å². The standard InChI is InChI=1S/C14H21BrN2O/c1-10(2)5-3-4-8-17-14(18)12-9-11(15)6-7-13(12)16/h6-7,9-10H,3-5,8,16H2,1-2H3,(H,17,18). The smallest absolute Gasteiger partial charge is 0.253 e. The maximum atomic E-state index is 11.9. The molecule has 0 aliphatic heterocycles. The van der Waals surface area contributed by atoms with Crippen LogP contribution in [0.4, 0.5) is 5.69 Å². The molecule has 0 aliphatic carbocycles. The highest BCUT2D eigenvalue weighted by Gasteiger charge is 2.09. The van der Waals surface area contributed by atoms with Gasteiger partial charge in [0.25, 0.3) is 5.91 Å². The summed E-state index contributed by atoms with van der Waals surface area (Å²) in [5, 5.41) is 2.90. The second-order valence-corrected chi connectivity index (χ2v) is 5.79. The molecule has 18 heavy (non-hydrogen) atoms. The van der Waals surface area contributed by atoms with E-state index in [9.17, 15) is 4.79 Å². The predicted molar refractivity (Wildman–Crippen MR) is 79.6 cm³/mol. The monoisotopic (exact) mass is 312 g/mol. The molecule has 1 aromatic rings. The van der Waals surface area contributed by atoms with Crippen molar-refractivity contribution in [3.63, 3.8) is 0 Å². The van der Waals surface area contributed by atoms with Crippen molar-refractivity contribution < 1.29 is 4.79 Å². The molecule has 1 amide bonds. The Morgan fingerprint density at radius 2 is 2.11 bits per heavy atom. The molecule has 0 saturated heterocycles. The number of benzene rings is 1. The number of nitrogens with two attached hydrogens (primary N) is 1. The summed E-state index contributed by atoms with van der Waals surface area (Å²) < 4.78 is 0.863. The normalized spacial score (nSPS) is 10.7. The molecule has 0 bridgehead atoms. The van der Waals surface area contributed by atoms with Gasteiger partial charge in [0.05, 0.1) is 5.56 Å². The molecule has 1 rings (SSSR count).